The van der Waals surface area contributed by atoms with Gasteiger partial charge in [-0.05, 0) is 31.6 Å². The molecule has 13 heavy (non-hydrogen) atoms. The van der Waals surface area contributed by atoms with Crippen molar-refractivity contribution in [2.75, 3.05) is 0 Å². The first-order valence-corrected chi connectivity index (χ1v) is 5.39. The summed E-state index contributed by atoms with van der Waals surface area (Å²) in [6, 6.07) is 0.319. The minimum Gasteiger partial charge on any atom is -0.327 e. The predicted octanol–water partition coefficient (Wildman–Crippen LogP) is 2.55. The molecule has 1 rings (SSSR count). The third-order valence-electron chi connectivity index (χ3n) is 3.18. The van der Waals surface area contributed by atoms with Gasteiger partial charge < -0.3 is 5.73 Å². The van der Waals surface area contributed by atoms with Crippen molar-refractivity contribution in [1.82, 2.24) is 0 Å². The van der Waals surface area contributed by atoms with Crippen molar-refractivity contribution < 1.29 is 0 Å². The normalized spacial score (nSPS) is 30.4. The van der Waals surface area contributed by atoms with Crippen LogP contribution >= 0.6 is 0 Å². The van der Waals surface area contributed by atoms with Crippen LogP contribution in [0.15, 0.2) is 0 Å². The molecule has 0 aliphatic heterocycles. The van der Waals surface area contributed by atoms with E-state index in [4.69, 9.17) is 5.73 Å². The van der Waals surface area contributed by atoms with Crippen LogP contribution < -0.4 is 5.73 Å². The van der Waals surface area contributed by atoms with Gasteiger partial charge in [-0.25, -0.2) is 0 Å². The molecular formula is C12H21N. The van der Waals surface area contributed by atoms with Crippen molar-refractivity contribution in [3.8, 4) is 11.8 Å². The standard InChI is InChI=1S/C12H21N/c1-3-4-5-12(13)11-8-6-10(2)7-9-11/h10-12H,5-9,13H2,1-2H3. The fraction of sp³-hybridized carbons (Fsp3) is 0.833. The first-order chi connectivity index (χ1) is 6.24. The molecule has 0 amide bonds. The van der Waals surface area contributed by atoms with Gasteiger partial charge in [0.25, 0.3) is 0 Å². The van der Waals surface area contributed by atoms with E-state index < -0.39 is 0 Å². The van der Waals surface area contributed by atoms with Crippen LogP contribution in [-0.4, -0.2) is 6.04 Å². The highest BCUT2D eigenvalue weighted by atomic mass is 14.6. The van der Waals surface area contributed by atoms with E-state index in [1.807, 2.05) is 6.92 Å². The van der Waals surface area contributed by atoms with E-state index in [-0.39, 0.29) is 0 Å². The van der Waals surface area contributed by atoms with E-state index in [1.165, 1.54) is 25.7 Å². The topological polar surface area (TPSA) is 26.0 Å². The SMILES string of the molecule is CC#CCC(N)C1CCC(C)CC1. The molecule has 0 spiro atoms. The van der Waals surface area contributed by atoms with Crippen LogP contribution in [0.25, 0.3) is 0 Å². The number of hydrogen-bond donors (Lipinski definition) is 1. The van der Waals surface area contributed by atoms with Gasteiger partial charge in [-0.2, -0.15) is 0 Å². The Morgan fingerprint density at radius 1 is 1.31 bits per heavy atom. The predicted molar refractivity (Wildman–Crippen MR) is 57.2 cm³/mol. The Labute approximate surface area is 82.1 Å². The molecule has 0 aromatic heterocycles. The van der Waals surface area contributed by atoms with Crippen LogP contribution in [-0.2, 0) is 0 Å². The van der Waals surface area contributed by atoms with Gasteiger partial charge in [-0.1, -0.05) is 19.8 Å². The zero-order chi connectivity index (χ0) is 9.68. The average Bonchev–Trinajstić information content (AvgIpc) is 2.15. The molecule has 1 atom stereocenters. The maximum absolute atomic E-state index is 6.08. The Bertz CT molecular complexity index is 191. The van der Waals surface area contributed by atoms with Crippen LogP contribution in [0.1, 0.15) is 46.0 Å². The van der Waals surface area contributed by atoms with E-state index >= 15 is 0 Å². The molecule has 1 heteroatoms. The van der Waals surface area contributed by atoms with E-state index in [0.717, 1.165) is 18.3 Å². The smallest absolute Gasteiger partial charge is 0.0243 e. The number of hydrogen-bond acceptors (Lipinski definition) is 1. The summed E-state index contributed by atoms with van der Waals surface area (Å²) in [5.74, 6) is 7.65. The molecule has 1 unspecified atom stereocenters. The monoisotopic (exact) mass is 179 g/mol. The van der Waals surface area contributed by atoms with E-state index in [2.05, 4.69) is 18.8 Å². The quantitative estimate of drug-likeness (QED) is 0.648. The molecular weight excluding hydrogens is 158 g/mol. The first-order valence-electron chi connectivity index (χ1n) is 5.39. The largest absolute Gasteiger partial charge is 0.327 e. The second kappa shape index (κ2) is 5.29. The van der Waals surface area contributed by atoms with E-state index in [0.29, 0.717) is 6.04 Å². The average molecular weight is 179 g/mol. The Kier molecular flexibility index (Phi) is 4.32. The molecule has 0 radical (unpaired) electrons. The summed E-state index contributed by atoms with van der Waals surface area (Å²) in [5.41, 5.74) is 6.08. The van der Waals surface area contributed by atoms with Crippen molar-refractivity contribution in [2.24, 2.45) is 17.6 Å². The highest BCUT2D eigenvalue weighted by Gasteiger charge is 2.22. The maximum Gasteiger partial charge on any atom is 0.0243 e. The fourth-order valence-electron chi connectivity index (χ4n) is 2.10. The summed E-state index contributed by atoms with van der Waals surface area (Å²) in [5, 5.41) is 0. The highest BCUT2D eigenvalue weighted by Crippen LogP contribution is 2.30. The lowest BCUT2D eigenvalue weighted by Gasteiger charge is -2.29. The van der Waals surface area contributed by atoms with Gasteiger partial charge in [0.2, 0.25) is 0 Å². The lowest BCUT2D eigenvalue weighted by Crippen LogP contribution is -2.32. The minimum atomic E-state index is 0.319. The van der Waals surface area contributed by atoms with Crippen LogP contribution in [0.4, 0.5) is 0 Å². The third kappa shape index (κ3) is 3.40. The van der Waals surface area contributed by atoms with Crippen LogP contribution in [0.3, 0.4) is 0 Å². The van der Waals surface area contributed by atoms with Crippen LogP contribution in [0, 0.1) is 23.7 Å². The summed E-state index contributed by atoms with van der Waals surface area (Å²) in [4.78, 5) is 0. The lowest BCUT2D eigenvalue weighted by molar-refractivity contribution is 0.256. The van der Waals surface area contributed by atoms with Gasteiger partial charge in [0.15, 0.2) is 0 Å². The molecule has 0 aromatic carbocycles. The van der Waals surface area contributed by atoms with Crippen molar-refractivity contribution in [1.29, 1.82) is 0 Å². The van der Waals surface area contributed by atoms with Crippen molar-refractivity contribution in [3.05, 3.63) is 0 Å². The fourth-order valence-corrected chi connectivity index (χ4v) is 2.10. The third-order valence-corrected chi connectivity index (χ3v) is 3.18. The van der Waals surface area contributed by atoms with Crippen LogP contribution in [0.2, 0.25) is 0 Å². The molecule has 74 valence electrons. The Morgan fingerprint density at radius 2 is 1.92 bits per heavy atom. The van der Waals surface area contributed by atoms with Gasteiger partial charge in [-0.15, -0.1) is 11.8 Å². The summed E-state index contributed by atoms with van der Waals surface area (Å²) in [6.45, 7) is 4.23. The molecule has 0 saturated heterocycles. The molecule has 1 saturated carbocycles. The van der Waals surface area contributed by atoms with E-state index in [1.54, 1.807) is 0 Å². The van der Waals surface area contributed by atoms with Gasteiger partial charge >= 0.3 is 0 Å². The molecule has 1 aliphatic carbocycles. The lowest BCUT2D eigenvalue weighted by atomic mass is 9.79. The zero-order valence-corrected chi connectivity index (χ0v) is 8.84. The molecule has 1 aliphatic rings. The Hall–Kier alpha value is -0.480. The second-order valence-electron chi connectivity index (χ2n) is 4.31. The molecule has 0 heterocycles. The molecule has 0 aromatic rings. The summed E-state index contributed by atoms with van der Waals surface area (Å²) >= 11 is 0. The first kappa shape index (κ1) is 10.6. The van der Waals surface area contributed by atoms with Gasteiger partial charge in [-0.3, -0.25) is 0 Å². The number of rotatable bonds is 2. The van der Waals surface area contributed by atoms with Crippen molar-refractivity contribution >= 4 is 0 Å². The van der Waals surface area contributed by atoms with Gasteiger partial charge in [0.05, 0.1) is 0 Å². The number of nitrogens with two attached hydrogens (primary N) is 1. The molecule has 0 bridgehead atoms. The minimum absolute atomic E-state index is 0.319. The summed E-state index contributed by atoms with van der Waals surface area (Å²) < 4.78 is 0. The van der Waals surface area contributed by atoms with Crippen molar-refractivity contribution in [2.45, 2.75) is 52.0 Å². The Morgan fingerprint density at radius 3 is 2.46 bits per heavy atom. The zero-order valence-electron chi connectivity index (χ0n) is 8.84. The van der Waals surface area contributed by atoms with Crippen LogP contribution in [0.5, 0.6) is 0 Å². The maximum atomic E-state index is 6.08. The Balaban J connectivity index is 2.29. The van der Waals surface area contributed by atoms with E-state index in [9.17, 15) is 0 Å². The van der Waals surface area contributed by atoms with Gasteiger partial charge in [0.1, 0.15) is 0 Å². The highest BCUT2D eigenvalue weighted by molar-refractivity contribution is 4.99. The molecule has 1 nitrogen and oxygen atoms in total. The molecule has 1 fully saturated rings. The molecule has 2 N–H and O–H groups in total. The van der Waals surface area contributed by atoms with Gasteiger partial charge in [0, 0.05) is 12.5 Å². The van der Waals surface area contributed by atoms with Crippen molar-refractivity contribution in [3.63, 3.8) is 0 Å². The summed E-state index contributed by atoms with van der Waals surface area (Å²) in [7, 11) is 0. The second-order valence-corrected chi connectivity index (χ2v) is 4.31. The summed E-state index contributed by atoms with van der Waals surface area (Å²) in [6.07, 6.45) is 6.23.